The van der Waals surface area contributed by atoms with E-state index in [0.717, 1.165) is 11.1 Å². The normalized spacial score (nSPS) is 10.7. The molecule has 0 aliphatic carbocycles. The highest BCUT2D eigenvalue weighted by molar-refractivity contribution is 6.30. The SMILES string of the molecule is COc1cc(/C=N/Nc2ccc([N+](=O)[O-])cc2)ccc1OCc1cccc(Cl)c1. The molecule has 0 aliphatic rings. The van der Waals surface area contributed by atoms with Gasteiger partial charge in [-0.2, -0.15) is 5.10 Å². The van der Waals surface area contributed by atoms with E-state index in [9.17, 15) is 10.1 Å². The van der Waals surface area contributed by atoms with Gasteiger partial charge >= 0.3 is 0 Å². The van der Waals surface area contributed by atoms with Crippen molar-refractivity contribution >= 4 is 29.2 Å². The smallest absolute Gasteiger partial charge is 0.269 e. The van der Waals surface area contributed by atoms with Gasteiger partial charge in [-0.05, 0) is 53.6 Å². The zero-order valence-corrected chi connectivity index (χ0v) is 16.3. The monoisotopic (exact) mass is 411 g/mol. The topological polar surface area (TPSA) is 86.0 Å². The van der Waals surface area contributed by atoms with E-state index < -0.39 is 4.92 Å². The standard InChI is InChI=1S/C21H18ClN3O4/c1-28-21-12-15(13-23-24-18-6-8-19(9-7-18)25(26)27)5-10-20(21)29-14-16-3-2-4-17(22)11-16/h2-13,24H,14H2,1H3/b23-13+. The minimum Gasteiger partial charge on any atom is -0.493 e. The van der Waals surface area contributed by atoms with E-state index in [1.54, 1.807) is 37.6 Å². The molecule has 0 spiro atoms. The number of nitrogens with zero attached hydrogens (tertiary/aromatic N) is 2. The Morgan fingerprint density at radius 3 is 2.59 bits per heavy atom. The Kier molecular flexibility index (Phi) is 6.65. The van der Waals surface area contributed by atoms with Crippen LogP contribution >= 0.6 is 11.6 Å². The fourth-order valence-corrected chi connectivity index (χ4v) is 2.72. The zero-order chi connectivity index (χ0) is 20.6. The van der Waals surface area contributed by atoms with Gasteiger partial charge in [0, 0.05) is 17.2 Å². The molecule has 1 N–H and O–H groups in total. The van der Waals surface area contributed by atoms with Crippen molar-refractivity contribution in [3.8, 4) is 11.5 Å². The quantitative estimate of drug-likeness (QED) is 0.309. The molecule has 0 atom stereocenters. The van der Waals surface area contributed by atoms with E-state index in [-0.39, 0.29) is 5.69 Å². The third-order valence-corrected chi connectivity index (χ3v) is 4.19. The molecule has 29 heavy (non-hydrogen) atoms. The Morgan fingerprint density at radius 1 is 1.10 bits per heavy atom. The second kappa shape index (κ2) is 9.57. The van der Waals surface area contributed by atoms with Gasteiger partial charge in [0.2, 0.25) is 0 Å². The minimum atomic E-state index is -0.449. The molecule has 7 nitrogen and oxygen atoms in total. The first-order valence-electron chi connectivity index (χ1n) is 8.64. The summed E-state index contributed by atoms with van der Waals surface area (Å²) >= 11 is 5.99. The summed E-state index contributed by atoms with van der Waals surface area (Å²) < 4.78 is 11.2. The van der Waals surface area contributed by atoms with E-state index in [1.807, 2.05) is 30.3 Å². The third-order valence-electron chi connectivity index (χ3n) is 3.96. The number of methoxy groups -OCH3 is 1. The highest BCUT2D eigenvalue weighted by Gasteiger charge is 2.06. The summed E-state index contributed by atoms with van der Waals surface area (Å²) in [4.78, 5) is 10.2. The van der Waals surface area contributed by atoms with Crippen molar-refractivity contribution < 1.29 is 14.4 Å². The van der Waals surface area contributed by atoms with Crippen molar-refractivity contribution in [2.24, 2.45) is 5.10 Å². The van der Waals surface area contributed by atoms with E-state index in [2.05, 4.69) is 10.5 Å². The predicted octanol–water partition coefficient (Wildman–Crippen LogP) is 5.28. The van der Waals surface area contributed by atoms with Gasteiger partial charge in [-0.1, -0.05) is 23.7 Å². The summed E-state index contributed by atoms with van der Waals surface area (Å²) in [6, 6.07) is 18.9. The number of nitrogens with one attached hydrogen (secondary N) is 1. The molecule has 0 fully saturated rings. The van der Waals surface area contributed by atoms with Crippen LogP contribution in [0.2, 0.25) is 5.02 Å². The summed E-state index contributed by atoms with van der Waals surface area (Å²) in [6.45, 7) is 0.367. The van der Waals surface area contributed by atoms with Crippen LogP contribution in [0.4, 0.5) is 11.4 Å². The van der Waals surface area contributed by atoms with Crippen molar-refractivity contribution in [2.45, 2.75) is 6.61 Å². The van der Waals surface area contributed by atoms with E-state index in [1.165, 1.54) is 12.1 Å². The highest BCUT2D eigenvalue weighted by atomic mass is 35.5. The van der Waals surface area contributed by atoms with Crippen LogP contribution in [0.5, 0.6) is 11.5 Å². The minimum absolute atomic E-state index is 0.0256. The molecular formula is C21H18ClN3O4. The number of non-ortho nitro benzene ring substituents is 1. The molecule has 0 aromatic heterocycles. The molecular weight excluding hydrogens is 394 g/mol. The summed E-state index contributed by atoms with van der Waals surface area (Å²) in [5.41, 5.74) is 5.24. The lowest BCUT2D eigenvalue weighted by Gasteiger charge is -2.11. The summed E-state index contributed by atoms with van der Waals surface area (Å²) in [5, 5.41) is 15.5. The number of halogens is 1. The molecule has 0 bridgehead atoms. The number of hydrazone groups is 1. The summed E-state index contributed by atoms with van der Waals surface area (Å²) in [5.74, 6) is 1.18. The molecule has 0 unspecified atom stereocenters. The van der Waals surface area contributed by atoms with Crippen molar-refractivity contribution in [3.63, 3.8) is 0 Å². The van der Waals surface area contributed by atoms with Gasteiger partial charge in [0.25, 0.3) is 5.69 Å². The van der Waals surface area contributed by atoms with Crippen LogP contribution in [0.3, 0.4) is 0 Å². The Morgan fingerprint density at radius 2 is 1.90 bits per heavy atom. The van der Waals surface area contributed by atoms with Crippen molar-refractivity contribution in [2.75, 3.05) is 12.5 Å². The number of nitro benzene ring substituents is 1. The van der Waals surface area contributed by atoms with Gasteiger partial charge in [-0.25, -0.2) is 0 Å². The second-order valence-electron chi connectivity index (χ2n) is 6.00. The molecule has 0 amide bonds. The average molecular weight is 412 g/mol. The zero-order valence-electron chi connectivity index (χ0n) is 15.5. The molecule has 3 aromatic carbocycles. The number of hydrogen-bond acceptors (Lipinski definition) is 6. The summed E-state index contributed by atoms with van der Waals surface area (Å²) in [6.07, 6.45) is 1.62. The number of hydrogen-bond donors (Lipinski definition) is 1. The Labute approximate surface area is 172 Å². The van der Waals surface area contributed by atoms with Gasteiger partial charge in [0.15, 0.2) is 11.5 Å². The molecule has 0 heterocycles. The lowest BCUT2D eigenvalue weighted by molar-refractivity contribution is -0.384. The predicted molar refractivity (Wildman–Crippen MR) is 113 cm³/mol. The maximum absolute atomic E-state index is 10.7. The largest absolute Gasteiger partial charge is 0.493 e. The maximum atomic E-state index is 10.7. The Balaban J connectivity index is 1.63. The number of nitro groups is 1. The Bertz CT molecular complexity index is 1020. The lowest BCUT2D eigenvalue weighted by atomic mass is 10.2. The Hall–Kier alpha value is -3.58. The van der Waals surface area contributed by atoms with E-state index in [4.69, 9.17) is 21.1 Å². The first kappa shape index (κ1) is 20.2. The molecule has 3 aromatic rings. The fourth-order valence-electron chi connectivity index (χ4n) is 2.51. The van der Waals surface area contributed by atoms with Crippen molar-refractivity contribution in [1.82, 2.24) is 0 Å². The van der Waals surface area contributed by atoms with Gasteiger partial charge in [-0.15, -0.1) is 0 Å². The van der Waals surface area contributed by atoms with Crippen LogP contribution in [0.25, 0.3) is 0 Å². The molecule has 0 aliphatic heterocycles. The number of ether oxygens (including phenoxy) is 2. The molecule has 0 saturated carbocycles. The molecule has 3 rings (SSSR count). The van der Waals surface area contributed by atoms with Crippen LogP contribution in [-0.2, 0) is 6.61 Å². The fraction of sp³-hybridized carbons (Fsp3) is 0.0952. The number of rotatable bonds is 8. The van der Waals surface area contributed by atoms with E-state index >= 15 is 0 Å². The molecule has 148 valence electrons. The lowest BCUT2D eigenvalue weighted by Crippen LogP contribution is -1.98. The van der Waals surface area contributed by atoms with Gasteiger partial charge < -0.3 is 9.47 Å². The van der Waals surface area contributed by atoms with Crippen LogP contribution in [-0.4, -0.2) is 18.2 Å². The van der Waals surface area contributed by atoms with Crippen molar-refractivity contribution in [1.29, 1.82) is 0 Å². The maximum Gasteiger partial charge on any atom is 0.269 e. The highest BCUT2D eigenvalue weighted by Crippen LogP contribution is 2.28. The van der Waals surface area contributed by atoms with Gasteiger partial charge in [0.1, 0.15) is 6.61 Å². The summed E-state index contributed by atoms with van der Waals surface area (Å²) in [7, 11) is 1.57. The van der Waals surface area contributed by atoms with Crippen LogP contribution in [0.15, 0.2) is 71.8 Å². The van der Waals surface area contributed by atoms with E-state index in [0.29, 0.717) is 28.8 Å². The molecule has 0 saturated heterocycles. The van der Waals surface area contributed by atoms with Crippen LogP contribution < -0.4 is 14.9 Å². The molecule has 8 heteroatoms. The number of anilines is 1. The number of benzene rings is 3. The van der Waals surface area contributed by atoms with Gasteiger partial charge in [0.05, 0.1) is 23.9 Å². The van der Waals surface area contributed by atoms with Crippen LogP contribution in [0, 0.1) is 10.1 Å². The van der Waals surface area contributed by atoms with Crippen LogP contribution in [0.1, 0.15) is 11.1 Å². The first-order chi connectivity index (χ1) is 14.0. The third kappa shape index (κ3) is 5.70. The van der Waals surface area contributed by atoms with Gasteiger partial charge in [-0.3, -0.25) is 15.5 Å². The average Bonchev–Trinajstić information content (AvgIpc) is 2.73. The second-order valence-corrected chi connectivity index (χ2v) is 6.44. The first-order valence-corrected chi connectivity index (χ1v) is 9.02. The molecule has 0 radical (unpaired) electrons. The van der Waals surface area contributed by atoms with Crippen molar-refractivity contribution in [3.05, 3.63) is 93.0 Å².